The molecular weight excluding hydrogens is 402 g/mol. The second-order valence-electron chi connectivity index (χ2n) is 4.83. The van der Waals surface area contributed by atoms with Crippen LogP contribution in [0.5, 0.6) is 0 Å². The number of hydrogen-bond donors (Lipinski definition) is 1. The van der Waals surface area contributed by atoms with Crippen molar-refractivity contribution in [3.8, 4) is 0 Å². The molecule has 3 aromatic rings. The molecule has 118 valence electrons. The minimum Gasteiger partial charge on any atom is -0.276 e. The second-order valence-corrected chi connectivity index (χ2v) is 7.69. The van der Waals surface area contributed by atoms with Gasteiger partial charge in [-0.2, -0.15) is 0 Å². The van der Waals surface area contributed by atoms with Gasteiger partial charge < -0.3 is 0 Å². The number of fused-ring (bicyclic) bond motifs is 1. The van der Waals surface area contributed by atoms with Crippen LogP contribution in [-0.4, -0.2) is 18.4 Å². The molecule has 23 heavy (non-hydrogen) atoms. The van der Waals surface area contributed by atoms with Crippen molar-refractivity contribution in [3.63, 3.8) is 0 Å². The van der Waals surface area contributed by atoms with E-state index in [-0.39, 0.29) is 15.7 Å². The van der Waals surface area contributed by atoms with Gasteiger partial charge in [0.1, 0.15) is 0 Å². The number of nitrogens with one attached hydrogen (secondary N) is 1. The summed E-state index contributed by atoms with van der Waals surface area (Å²) in [6, 6.07) is 8.34. The molecule has 0 radical (unpaired) electrons. The van der Waals surface area contributed by atoms with Crippen molar-refractivity contribution in [2.45, 2.75) is 11.8 Å². The van der Waals surface area contributed by atoms with Gasteiger partial charge in [0.05, 0.1) is 16.1 Å². The highest BCUT2D eigenvalue weighted by molar-refractivity contribution is 9.10. The molecule has 0 unspecified atom stereocenters. The van der Waals surface area contributed by atoms with Crippen molar-refractivity contribution >= 4 is 54.1 Å². The Morgan fingerprint density at radius 3 is 2.74 bits per heavy atom. The van der Waals surface area contributed by atoms with E-state index >= 15 is 0 Å². The van der Waals surface area contributed by atoms with E-state index in [1.54, 1.807) is 37.4 Å². The zero-order valence-electron chi connectivity index (χ0n) is 11.9. The van der Waals surface area contributed by atoms with Gasteiger partial charge in [-0.05, 0) is 52.7 Å². The molecule has 3 rings (SSSR count). The third-order valence-corrected chi connectivity index (χ3v) is 5.86. The zero-order valence-corrected chi connectivity index (χ0v) is 15.1. The fraction of sp³-hybridized carbons (Fsp3) is 0.0667. The molecule has 0 spiro atoms. The summed E-state index contributed by atoms with van der Waals surface area (Å²) < 4.78 is 28.8. The predicted octanol–water partition coefficient (Wildman–Crippen LogP) is 4.15. The fourth-order valence-electron chi connectivity index (χ4n) is 2.17. The lowest BCUT2D eigenvalue weighted by Crippen LogP contribution is -2.15. The summed E-state index contributed by atoms with van der Waals surface area (Å²) in [5.74, 6) is 0. The number of sulfonamides is 1. The van der Waals surface area contributed by atoms with E-state index in [0.29, 0.717) is 20.9 Å². The first kappa shape index (κ1) is 16.2. The smallest absolute Gasteiger partial charge is 0.262 e. The number of pyridine rings is 2. The molecule has 1 aromatic carbocycles. The van der Waals surface area contributed by atoms with Crippen molar-refractivity contribution in [3.05, 3.63) is 57.9 Å². The number of benzene rings is 1. The molecule has 0 aliphatic heterocycles. The van der Waals surface area contributed by atoms with Crippen molar-refractivity contribution in [1.82, 2.24) is 9.97 Å². The molecule has 0 saturated carbocycles. The van der Waals surface area contributed by atoms with E-state index in [4.69, 9.17) is 11.6 Å². The van der Waals surface area contributed by atoms with Crippen LogP contribution < -0.4 is 4.72 Å². The van der Waals surface area contributed by atoms with E-state index < -0.39 is 10.0 Å². The SMILES string of the molecule is Cc1c(Br)cnc(Cl)c1NS(=O)(=O)c1cccc2ncccc12. The first-order valence-electron chi connectivity index (χ1n) is 6.57. The van der Waals surface area contributed by atoms with Gasteiger partial charge in [-0.25, -0.2) is 13.4 Å². The molecule has 5 nitrogen and oxygen atoms in total. The quantitative estimate of drug-likeness (QED) is 0.656. The Balaban J connectivity index is 2.15. The maximum atomic E-state index is 12.8. The summed E-state index contributed by atoms with van der Waals surface area (Å²) in [6.07, 6.45) is 3.14. The number of aromatic nitrogens is 2. The predicted molar refractivity (Wildman–Crippen MR) is 94.2 cm³/mol. The van der Waals surface area contributed by atoms with Crippen LogP contribution in [0.1, 0.15) is 5.56 Å². The minimum atomic E-state index is -3.84. The van der Waals surface area contributed by atoms with Crippen molar-refractivity contribution in [2.75, 3.05) is 4.72 Å². The summed E-state index contributed by atoms with van der Waals surface area (Å²) in [6.45, 7) is 1.75. The molecule has 0 amide bonds. The highest BCUT2D eigenvalue weighted by Crippen LogP contribution is 2.32. The second kappa shape index (κ2) is 6.07. The van der Waals surface area contributed by atoms with Gasteiger partial charge >= 0.3 is 0 Å². The lowest BCUT2D eigenvalue weighted by Gasteiger charge is -2.13. The summed E-state index contributed by atoms with van der Waals surface area (Å²) in [7, 11) is -3.84. The minimum absolute atomic E-state index is 0.0904. The van der Waals surface area contributed by atoms with Gasteiger partial charge in [0.2, 0.25) is 0 Å². The van der Waals surface area contributed by atoms with Crippen LogP contribution in [0.25, 0.3) is 10.9 Å². The third kappa shape index (κ3) is 3.04. The van der Waals surface area contributed by atoms with Gasteiger partial charge in [-0.3, -0.25) is 9.71 Å². The van der Waals surface area contributed by atoms with Gasteiger partial charge in [-0.1, -0.05) is 17.7 Å². The first-order chi connectivity index (χ1) is 10.9. The van der Waals surface area contributed by atoms with Crippen LogP contribution in [0.4, 0.5) is 5.69 Å². The van der Waals surface area contributed by atoms with E-state index in [0.717, 1.165) is 0 Å². The van der Waals surface area contributed by atoms with E-state index in [2.05, 4.69) is 30.6 Å². The number of anilines is 1. The molecule has 8 heteroatoms. The molecule has 0 aliphatic rings. The Morgan fingerprint density at radius 1 is 1.17 bits per heavy atom. The topological polar surface area (TPSA) is 72.0 Å². The summed E-state index contributed by atoms with van der Waals surface area (Å²) in [5.41, 5.74) is 1.51. The molecule has 0 atom stereocenters. The molecule has 0 bridgehead atoms. The summed E-state index contributed by atoms with van der Waals surface area (Å²) in [4.78, 5) is 8.27. The Bertz CT molecular complexity index is 1000. The Morgan fingerprint density at radius 2 is 1.96 bits per heavy atom. The molecular formula is C15H11BrClN3O2S. The lowest BCUT2D eigenvalue weighted by molar-refractivity contribution is 0.602. The average Bonchev–Trinajstić information content (AvgIpc) is 2.54. The van der Waals surface area contributed by atoms with Crippen molar-refractivity contribution in [2.24, 2.45) is 0 Å². The lowest BCUT2D eigenvalue weighted by atomic mass is 10.2. The molecule has 2 heterocycles. The largest absolute Gasteiger partial charge is 0.276 e. The molecule has 1 N–H and O–H groups in total. The van der Waals surface area contributed by atoms with Crippen LogP contribution in [0.15, 0.2) is 52.1 Å². The first-order valence-corrected chi connectivity index (χ1v) is 9.23. The van der Waals surface area contributed by atoms with Crippen molar-refractivity contribution < 1.29 is 8.42 Å². The number of nitrogens with zero attached hydrogens (tertiary/aromatic N) is 2. The fourth-order valence-corrected chi connectivity index (χ4v) is 4.11. The maximum Gasteiger partial charge on any atom is 0.262 e. The average molecular weight is 413 g/mol. The highest BCUT2D eigenvalue weighted by Gasteiger charge is 2.21. The highest BCUT2D eigenvalue weighted by atomic mass is 79.9. The monoisotopic (exact) mass is 411 g/mol. The molecule has 0 saturated heterocycles. The van der Waals surface area contributed by atoms with E-state index in [1.807, 2.05) is 0 Å². The number of halogens is 2. The van der Waals surface area contributed by atoms with E-state index in [1.165, 1.54) is 12.3 Å². The van der Waals surface area contributed by atoms with Crippen LogP contribution in [0.2, 0.25) is 5.15 Å². The summed E-state index contributed by atoms with van der Waals surface area (Å²) >= 11 is 9.36. The van der Waals surface area contributed by atoms with Gasteiger partial charge in [-0.15, -0.1) is 0 Å². The molecule has 2 aromatic heterocycles. The third-order valence-electron chi connectivity index (χ3n) is 3.36. The number of rotatable bonds is 3. The van der Waals surface area contributed by atoms with Crippen LogP contribution in [0, 0.1) is 6.92 Å². The normalized spacial score (nSPS) is 11.6. The van der Waals surface area contributed by atoms with Crippen LogP contribution >= 0.6 is 27.5 Å². The maximum absolute atomic E-state index is 12.8. The molecule has 0 fully saturated rings. The number of hydrogen-bond acceptors (Lipinski definition) is 4. The van der Waals surface area contributed by atoms with Gasteiger partial charge in [0.25, 0.3) is 10.0 Å². The Labute approximate surface area is 146 Å². The molecule has 0 aliphatic carbocycles. The van der Waals surface area contributed by atoms with Crippen molar-refractivity contribution in [1.29, 1.82) is 0 Å². The standard InChI is InChI=1S/C15H11BrClN3O2S/c1-9-11(16)8-19-15(17)14(9)20-23(21,22)13-6-2-5-12-10(13)4-3-7-18-12/h2-8,20H,1H3. The Kier molecular flexibility index (Phi) is 4.27. The van der Waals surface area contributed by atoms with E-state index in [9.17, 15) is 8.42 Å². The van der Waals surface area contributed by atoms with Crippen LogP contribution in [-0.2, 0) is 10.0 Å². The van der Waals surface area contributed by atoms with Crippen LogP contribution in [0.3, 0.4) is 0 Å². The summed E-state index contributed by atoms with van der Waals surface area (Å²) in [5, 5.41) is 0.631. The zero-order chi connectivity index (χ0) is 16.6. The van der Waals surface area contributed by atoms with Gasteiger partial charge in [0, 0.05) is 22.3 Å². The Hall–Kier alpha value is -1.70. The van der Waals surface area contributed by atoms with Gasteiger partial charge in [0.15, 0.2) is 5.15 Å².